The van der Waals surface area contributed by atoms with Crippen LogP contribution in [-0.4, -0.2) is 33.9 Å². The van der Waals surface area contributed by atoms with E-state index in [-0.39, 0.29) is 29.7 Å². The summed E-state index contributed by atoms with van der Waals surface area (Å²) in [4.78, 5) is 7.10. The van der Waals surface area contributed by atoms with Crippen molar-refractivity contribution in [3.8, 4) is 0 Å². The lowest BCUT2D eigenvalue weighted by Crippen LogP contribution is -2.33. The Hall–Kier alpha value is 0.460. The predicted molar refractivity (Wildman–Crippen MR) is 85.8 cm³/mol. The van der Waals surface area contributed by atoms with Gasteiger partial charge in [-0.15, -0.1) is 36.4 Å². The molecule has 0 N–H and O–H groups in total. The average molecular weight is 387 g/mol. The van der Waals surface area contributed by atoms with Gasteiger partial charge in [0.2, 0.25) is 0 Å². The van der Waals surface area contributed by atoms with Crippen molar-refractivity contribution in [2.75, 3.05) is 13.1 Å². The van der Waals surface area contributed by atoms with Gasteiger partial charge in [0.25, 0.3) is 0 Å². The maximum absolute atomic E-state index is 6.82. The number of pyridine rings is 1. The van der Waals surface area contributed by atoms with Crippen LogP contribution in [-0.2, 0) is 0 Å². The van der Waals surface area contributed by atoms with Crippen molar-refractivity contribution >= 4 is 52.3 Å². The summed E-state index contributed by atoms with van der Waals surface area (Å²) in [5.41, 5.74) is 1.17. The second-order valence-electron chi connectivity index (χ2n) is 5.60. The lowest BCUT2D eigenvalue weighted by molar-refractivity contribution is 0.263. The zero-order chi connectivity index (χ0) is 11.6. The molecule has 106 valence electrons. The van der Waals surface area contributed by atoms with E-state index < -0.39 is 0 Å². The predicted octanol–water partition coefficient (Wildman–Crippen LogP) is 3.86. The molecule has 2 nitrogen and oxygen atoms in total. The van der Waals surface area contributed by atoms with Crippen LogP contribution < -0.4 is 0 Å². The highest BCUT2D eigenvalue weighted by atomic mass is 79.9. The Morgan fingerprint density at radius 3 is 2.84 bits per heavy atom. The quantitative estimate of drug-likeness (QED) is 0.682. The van der Waals surface area contributed by atoms with Crippen LogP contribution >= 0.6 is 52.3 Å². The fourth-order valence-electron chi connectivity index (χ4n) is 3.86. The number of piperidine rings is 1. The highest BCUT2D eigenvalue weighted by molar-refractivity contribution is 9.10. The molecule has 2 bridgehead atoms. The Bertz CT molecular complexity index is 469. The molecular formula is C13H16BrCl3N2. The molecular weight excluding hydrogens is 370 g/mol. The summed E-state index contributed by atoms with van der Waals surface area (Å²) in [7, 11) is 0. The molecule has 5 unspecified atom stereocenters. The van der Waals surface area contributed by atoms with E-state index in [0.29, 0.717) is 12.0 Å². The van der Waals surface area contributed by atoms with Crippen LogP contribution in [0.3, 0.4) is 0 Å². The summed E-state index contributed by atoms with van der Waals surface area (Å²) in [5.74, 6) is 1.27. The summed E-state index contributed by atoms with van der Waals surface area (Å²) in [6.45, 7) is 2.49. The SMILES string of the molecule is Cl.Cl.ClC12CC3CCN(C3)C1C2c1ccc(Br)cn1. The van der Waals surface area contributed by atoms with Crippen LogP contribution in [0.4, 0.5) is 0 Å². The molecule has 0 amide bonds. The molecule has 3 heterocycles. The molecule has 2 saturated heterocycles. The normalized spacial score (nSPS) is 41.8. The zero-order valence-corrected chi connectivity index (χ0v) is 14.2. The van der Waals surface area contributed by atoms with E-state index in [1.165, 1.54) is 31.6 Å². The van der Waals surface area contributed by atoms with Gasteiger partial charge in [-0.25, -0.2) is 0 Å². The minimum Gasteiger partial charge on any atom is -0.298 e. The molecule has 1 aromatic heterocycles. The van der Waals surface area contributed by atoms with Crippen LogP contribution in [0.15, 0.2) is 22.8 Å². The third kappa shape index (κ3) is 2.32. The number of nitrogens with zero attached hydrogens (tertiary/aromatic N) is 2. The van der Waals surface area contributed by atoms with Crippen LogP contribution in [0.2, 0.25) is 0 Å². The van der Waals surface area contributed by atoms with Crippen molar-refractivity contribution < 1.29 is 0 Å². The second kappa shape index (κ2) is 5.34. The summed E-state index contributed by atoms with van der Waals surface area (Å²) in [6.07, 6.45) is 4.40. The molecule has 0 spiro atoms. The molecule has 3 aliphatic rings. The molecule has 5 atom stereocenters. The Labute approximate surface area is 139 Å². The molecule has 0 aromatic carbocycles. The topological polar surface area (TPSA) is 16.1 Å². The van der Waals surface area contributed by atoms with Gasteiger partial charge in [-0.3, -0.25) is 9.88 Å². The Morgan fingerprint density at radius 1 is 1.37 bits per heavy atom. The maximum Gasteiger partial charge on any atom is 0.0710 e. The second-order valence-corrected chi connectivity index (χ2v) is 7.22. The van der Waals surface area contributed by atoms with Gasteiger partial charge in [-0.05, 0) is 53.4 Å². The van der Waals surface area contributed by atoms with E-state index in [9.17, 15) is 0 Å². The van der Waals surface area contributed by atoms with Crippen LogP contribution in [0.25, 0.3) is 0 Å². The van der Waals surface area contributed by atoms with E-state index >= 15 is 0 Å². The van der Waals surface area contributed by atoms with Gasteiger partial charge >= 0.3 is 0 Å². The third-order valence-corrected chi connectivity index (χ3v) is 5.68. The molecule has 2 aliphatic heterocycles. The summed E-state index contributed by atoms with van der Waals surface area (Å²) >= 11 is 10.3. The minimum absolute atomic E-state index is 0. The van der Waals surface area contributed by atoms with Crippen molar-refractivity contribution in [1.29, 1.82) is 0 Å². The molecule has 3 fully saturated rings. The van der Waals surface area contributed by atoms with Gasteiger partial charge in [0.15, 0.2) is 0 Å². The Kier molecular flexibility index (Phi) is 4.45. The first-order valence-electron chi connectivity index (χ1n) is 6.23. The van der Waals surface area contributed by atoms with Crippen LogP contribution in [0, 0.1) is 5.92 Å². The molecule has 6 heteroatoms. The van der Waals surface area contributed by atoms with Gasteiger partial charge in [-0.2, -0.15) is 0 Å². The van der Waals surface area contributed by atoms with Crippen molar-refractivity contribution in [2.24, 2.45) is 5.92 Å². The molecule has 0 radical (unpaired) electrons. The highest BCUT2D eigenvalue weighted by Gasteiger charge is 2.70. The Morgan fingerprint density at radius 2 is 2.16 bits per heavy atom. The van der Waals surface area contributed by atoms with Crippen molar-refractivity contribution in [3.05, 3.63) is 28.5 Å². The number of alkyl halides is 1. The standard InChI is InChI=1S/C13H14BrClN2.2ClH/c14-9-1-2-10(16-6-9)11-12-13(11,15)5-8-3-4-17(12)7-8;;/h1-2,6,8,11-12H,3-5,7H2;2*1H. The van der Waals surface area contributed by atoms with Gasteiger partial charge in [-0.1, -0.05) is 0 Å². The average Bonchev–Trinajstić information content (AvgIpc) is 2.73. The fourth-order valence-corrected chi connectivity index (χ4v) is 4.74. The lowest BCUT2D eigenvalue weighted by atomic mass is 9.98. The van der Waals surface area contributed by atoms with Crippen molar-refractivity contribution in [2.45, 2.75) is 29.7 Å². The van der Waals surface area contributed by atoms with E-state index in [0.717, 1.165) is 10.4 Å². The van der Waals surface area contributed by atoms with Gasteiger partial charge in [0, 0.05) is 34.9 Å². The van der Waals surface area contributed by atoms with E-state index in [1.807, 2.05) is 6.20 Å². The van der Waals surface area contributed by atoms with Gasteiger partial charge in [0.05, 0.1) is 4.87 Å². The first-order valence-corrected chi connectivity index (χ1v) is 7.40. The summed E-state index contributed by atoms with van der Waals surface area (Å²) in [6, 6.07) is 4.73. The van der Waals surface area contributed by atoms with E-state index in [2.05, 4.69) is 37.9 Å². The largest absolute Gasteiger partial charge is 0.298 e. The summed E-state index contributed by atoms with van der Waals surface area (Å²) in [5, 5.41) is 0. The fraction of sp³-hybridized carbons (Fsp3) is 0.615. The number of fused-ring (bicyclic) bond motifs is 4. The molecule has 1 aromatic rings. The molecule has 1 aliphatic carbocycles. The molecule has 4 rings (SSSR count). The number of hydrogen-bond donors (Lipinski definition) is 0. The molecule has 19 heavy (non-hydrogen) atoms. The van der Waals surface area contributed by atoms with E-state index in [4.69, 9.17) is 11.6 Å². The smallest absolute Gasteiger partial charge is 0.0710 e. The Balaban J connectivity index is 0.000000667. The van der Waals surface area contributed by atoms with Crippen LogP contribution in [0.1, 0.15) is 24.5 Å². The summed E-state index contributed by atoms with van der Waals surface area (Å²) < 4.78 is 1.04. The monoisotopic (exact) mass is 384 g/mol. The number of rotatable bonds is 1. The van der Waals surface area contributed by atoms with Crippen molar-refractivity contribution in [3.63, 3.8) is 0 Å². The van der Waals surface area contributed by atoms with E-state index in [1.54, 1.807) is 0 Å². The minimum atomic E-state index is -0.0136. The van der Waals surface area contributed by atoms with Gasteiger partial charge in [0.1, 0.15) is 0 Å². The number of halogens is 4. The maximum atomic E-state index is 6.82. The first kappa shape index (κ1) is 15.8. The first-order chi connectivity index (χ1) is 8.18. The van der Waals surface area contributed by atoms with Gasteiger partial charge < -0.3 is 0 Å². The highest BCUT2D eigenvalue weighted by Crippen LogP contribution is 2.65. The lowest BCUT2D eigenvalue weighted by Gasteiger charge is -2.24. The number of hydrogen-bond acceptors (Lipinski definition) is 2. The number of aromatic nitrogens is 1. The van der Waals surface area contributed by atoms with Crippen LogP contribution in [0.5, 0.6) is 0 Å². The van der Waals surface area contributed by atoms with Crippen molar-refractivity contribution in [1.82, 2.24) is 9.88 Å². The molecule has 1 saturated carbocycles. The third-order valence-electron chi connectivity index (χ3n) is 4.60. The zero-order valence-electron chi connectivity index (χ0n) is 10.3.